The number of hydrogen-bond acceptors (Lipinski definition) is 2. The van der Waals surface area contributed by atoms with Gasteiger partial charge in [-0.3, -0.25) is 4.98 Å². The standard InChI is InChI=1S/C13H10BrF2NO/c14-9-7-11(15)13(16)12(8-9)18-6-4-10-3-1-2-5-17-10/h1-3,5,7-8H,4,6H2. The molecule has 0 N–H and O–H groups in total. The zero-order chi connectivity index (χ0) is 13.0. The average Bonchev–Trinajstić information content (AvgIpc) is 2.36. The summed E-state index contributed by atoms with van der Waals surface area (Å²) in [7, 11) is 0. The van der Waals surface area contributed by atoms with Crippen molar-refractivity contribution in [2.24, 2.45) is 0 Å². The monoisotopic (exact) mass is 313 g/mol. The van der Waals surface area contributed by atoms with Gasteiger partial charge in [-0.05, 0) is 24.3 Å². The summed E-state index contributed by atoms with van der Waals surface area (Å²) in [5, 5.41) is 0. The first-order chi connectivity index (χ1) is 8.66. The zero-order valence-electron chi connectivity index (χ0n) is 9.37. The van der Waals surface area contributed by atoms with Crippen LogP contribution in [0.3, 0.4) is 0 Å². The summed E-state index contributed by atoms with van der Waals surface area (Å²) in [6.45, 7) is 0.240. The van der Waals surface area contributed by atoms with Crippen molar-refractivity contribution in [3.8, 4) is 5.75 Å². The van der Waals surface area contributed by atoms with Crippen molar-refractivity contribution in [2.75, 3.05) is 6.61 Å². The summed E-state index contributed by atoms with van der Waals surface area (Å²) in [5.74, 6) is -2.01. The van der Waals surface area contributed by atoms with Gasteiger partial charge in [-0.15, -0.1) is 0 Å². The summed E-state index contributed by atoms with van der Waals surface area (Å²) < 4.78 is 32.1. The molecule has 0 aliphatic heterocycles. The highest BCUT2D eigenvalue weighted by atomic mass is 79.9. The Morgan fingerprint density at radius 1 is 1.22 bits per heavy atom. The highest BCUT2D eigenvalue weighted by Gasteiger charge is 2.11. The van der Waals surface area contributed by atoms with E-state index in [0.717, 1.165) is 11.8 Å². The summed E-state index contributed by atoms with van der Waals surface area (Å²) in [5.41, 5.74) is 0.841. The first kappa shape index (κ1) is 13.0. The number of halogens is 3. The Balaban J connectivity index is 1.99. The minimum absolute atomic E-state index is 0.0993. The molecule has 0 aliphatic rings. The lowest BCUT2D eigenvalue weighted by atomic mass is 10.3. The van der Waals surface area contributed by atoms with Crippen LogP contribution in [0.25, 0.3) is 0 Å². The molecular weight excluding hydrogens is 304 g/mol. The topological polar surface area (TPSA) is 22.1 Å². The Morgan fingerprint density at radius 2 is 2.06 bits per heavy atom. The molecule has 2 aromatic rings. The highest BCUT2D eigenvalue weighted by molar-refractivity contribution is 9.10. The molecule has 0 unspecified atom stereocenters. The van der Waals surface area contributed by atoms with E-state index in [4.69, 9.17) is 4.74 Å². The molecule has 1 aromatic heterocycles. The van der Waals surface area contributed by atoms with Crippen molar-refractivity contribution in [3.05, 3.63) is 58.3 Å². The fraction of sp³-hybridized carbons (Fsp3) is 0.154. The third-order valence-corrected chi connectivity index (χ3v) is 2.76. The SMILES string of the molecule is Fc1cc(Br)cc(OCCc2ccccn2)c1F. The van der Waals surface area contributed by atoms with Crippen LogP contribution in [0.2, 0.25) is 0 Å². The molecule has 0 radical (unpaired) electrons. The van der Waals surface area contributed by atoms with E-state index < -0.39 is 11.6 Å². The minimum Gasteiger partial charge on any atom is -0.490 e. The highest BCUT2D eigenvalue weighted by Crippen LogP contribution is 2.25. The van der Waals surface area contributed by atoms with Gasteiger partial charge in [-0.25, -0.2) is 4.39 Å². The van der Waals surface area contributed by atoms with E-state index in [9.17, 15) is 8.78 Å². The maximum atomic E-state index is 13.4. The predicted molar refractivity (Wildman–Crippen MR) is 67.5 cm³/mol. The summed E-state index contributed by atoms with van der Waals surface area (Å²) in [4.78, 5) is 4.11. The van der Waals surface area contributed by atoms with Gasteiger partial charge in [0.1, 0.15) is 0 Å². The molecule has 0 bridgehead atoms. The van der Waals surface area contributed by atoms with E-state index >= 15 is 0 Å². The van der Waals surface area contributed by atoms with Crippen LogP contribution in [-0.2, 0) is 6.42 Å². The van der Waals surface area contributed by atoms with Crippen LogP contribution in [0.4, 0.5) is 8.78 Å². The van der Waals surface area contributed by atoms with Gasteiger partial charge in [0.25, 0.3) is 0 Å². The Labute approximate surface area is 112 Å². The Bertz CT molecular complexity index is 534. The second-order valence-electron chi connectivity index (χ2n) is 3.62. The fourth-order valence-corrected chi connectivity index (χ4v) is 1.86. The maximum absolute atomic E-state index is 13.4. The van der Waals surface area contributed by atoms with Crippen LogP contribution in [0.5, 0.6) is 5.75 Å². The minimum atomic E-state index is -0.973. The molecule has 2 rings (SSSR count). The van der Waals surface area contributed by atoms with Crippen LogP contribution in [0.15, 0.2) is 41.0 Å². The van der Waals surface area contributed by atoms with E-state index in [1.54, 1.807) is 6.20 Å². The van der Waals surface area contributed by atoms with Crippen LogP contribution < -0.4 is 4.74 Å². The van der Waals surface area contributed by atoms with Crippen molar-refractivity contribution >= 4 is 15.9 Å². The van der Waals surface area contributed by atoms with Crippen molar-refractivity contribution in [2.45, 2.75) is 6.42 Å². The van der Waals surface area contributed by atoms with E-state index in [1.165, 1.54) is 6.07 Å². The number of benzene rings is 1. The van der Waals surface area contributed by atoms with E-state index in [2.05, 4.69) is 20.9 Å². The number of aromatic nitrogens is 1. The van der Waals surface area contributed by atoms with Crippen molar-refractivity contribution in [3.63, 3.8) is 0 Å². The smallest absolute Gasteiger partial charge is 0.200 e. The first-order valence-electron chi connectivity index (χ1n) is 5.34. The van der Waals surface area contributed by atoms with Crippen molar-refractivity contribution < 1.29 is 13.5 Å². The lowest BCUT2D eigenvalue weighted by Crippen LogP contribution is -2.04. The largest absolute Gasteiger partial charge is 0.490 e. The quantitative estimate of drug-likeness (QED) is 0.802. The van der Waals surface area contributed by atoms with Gasteiger partial charge in [-0.1, -0.05) is 22.0 Å². The van der Waals surface area contributed by atoms with Gasteiger partial charge in [-0.2, -0.15) is 4.39 Å². The molecule has 18 heavy (non-hydrogen) atoms. The van der Waals surface area contributed by atoms with E-state index in [-0.39, 0.29) is 12.4 Å². The molecule has 0 saturated heterocycles. The Kier molecular flexibility index (Phi) is 4.25. The summed E-state index contributed by atoms with van der Waals surface area (Å²) >= 11 is 3.08. The van der Waals surface area contributed by atoms with E-state index in [1.807, 2.05) is 18.2 Å². The molecule has 1 aromatic carbocycles. The predicted octanol–water partition coefficient (Wildman–Crippen LogP) is 3.74. The molecular formula is C13H10BrF2NO. The van der Waals surface area contributed by atoms with Gasteiger partial charge in [0.05, 0.1) is 6.61 Å². The molecule has 0 aliphatic carbocycles. The number of rotatable bonds is 4. The number of pyridine rings is 1. The van der Waals surface area contributed by atoms with E-state index in [0.29, 0.717) is 10.9 Å². The molecule has 2 nitrogen and oxygen atoms in total. The summed E-state index contributed by atoms with van der Waals surface area (Å²) in [6.07, 6.45) is 2.21. The molecule has 0 spiro atoms. The Morgan fingerprint density at radius 3 is 2.78 bits per heavy atom. The van der Waals surface area contributed by atoms with Gasteiger partial charge >= 0.3 is 0 Å². The van der Waals surface area contributed by atoms with Gasteiger partial charge in [0.2, 0.25) is 5.82 Å². The van der Waals surface area contributed by atoms with Crippen LogP contribution in [0.1, 0.15) is 5.69 Å². The Hall–Kier alpha value is -1.49. The van der Waals surface area contributed by atoms with Crippen LogP contribution in [0, 0.1) is 11.6 Å². The molecule has 1 heterocycles. The molecule has 5 heteroatoms. The van der Waals surface area contributed by atoms with Crippen LogP contribution >= 0.6 is 15.9 Å². The van der Waals surface area contributed by atoms with Crippen LogP contribution in [-0.4, -0.2) is 11.6 Å². The number of ether oxygens (including phenoxy) is 1. The lowest BCUT2D eigenvalue weighted by molar-refractivity contribution is 0.297. The first-order valence-corrected chi connectivity index (χ1v) is 6.13. The number of hydrogen-bond donors (Lipinski definition) is 0. The maximum Gasteiger partial charge on any atom is 0.200 e. The second-order valence-corrected chi connectivity index (χ2v) is 4.53. The zero-order valence-corrected chi connectivity index (χ0v) is 11.0. The molecule has 0 fully saturated rings. The third kappa shape index (κ3) is 3.26. The molecule has 94 valence electrons. The molecule has 0 atom stereocenters. The lowest BCUT2D eigenvalue weighted by Gasteiger charge is -2.08. The average molecular weight is 314 g/mol. The van der Waals surface area contributed by atoms with Gasteiger partial charge in [0.15, 0.2) is 11.6 Å². The fourth-order valence-electron chi connectivity index (χ4n) is 1.45. The van der Waals surface area contributed by atoms with Gasteiger partial charge in [0, 0.05) is 22.8 Å². The van der Waals surface area contributed by atoms with Crippen molar-refractivity contribution in [1.82, 2.24) is 4.98 Å². The summed E-state index contributed by atoms with van der Waals surface area (Å²) in [6, 6.07) is 7.98. The number of nitrogens with zero attached hydrogens (tertiary/aromatic N) is 1. The molecule has 0 amide bonds. The van der Waals surface area contributed by atoms with Gasteiger partial charge < -0.3 is 4.74 Å². The van der Waals surface area contributed by atoms with Crippen molar-refractivity contribution in [1.29, 1.82) is 0 Å². The normalized spacial score (nSPS) is 10.4. The third-order valence-electron chi connectivity index (χ3n) is 2.30. The molecule has 0 saturated carbocycles. The second kappa shape index (κ2) is 5.91.